The Balaban J connectivity index is 2.42. The molecule has 0 aliphatic carbocycles. The van der Waals surface area contributed by atoms with Gasteiger partial charge in [-0.2, -0.15) is 0 Å². The SMILES string of the molecule is CC/C(C)=C/Sc1nc(CNC(=O)C(O)=C(O)O)nc(-c2ccc(OC(F)(F)F)cc2)c1C. The van der Waals surface area contributed by atoms with Gasteiger partial charge in [0.15, 0.2) is 0 Å². The standard InChI is InChI=1S/C21H22F3N3O5S/c1-4-11(2)10-33-19-12(3)16(13-5-7-14(8-6-13)32-21(22,23)24)26-15(27-19)9-25-18(29)17(28)20(30)31/h5-8,10,28,30-31H,4,9H2,1-3H3,(H,25,29)/b11-10+. The third kappa shape index (κ3) is 7.59. The molecule has 0 spiro atoms. The van der Waals surface area contributed by atoms with Crippen molar-refractivity contribution in [2.45, 2.75) is 45.1 Å². The first-order chi connectivity index (χ1) is 15.4. The lowest BCUT2D eigenvalue weighted by Gasteiger charge is -2.13. The van der Waals surface area contributed by atoms with Gasteiger partial charge in [0.2, 0.25) is 0 Å². The van der Waals surface area contributed by atoms with Crippen LogP contribution in [-0.2, 0) is 11.3 Å². The Hall–Kier alpha value is -3.41. The number of hydrogen-bond acceptors (Lipinski definition) is 8. The number of ether oxygens (including phenoxy) is 1. The third-order valence-corrected chi connectivity index (χ3v) is 5.41. The van der Waals surface area contributed by atoms with Gasteiger partial charge >= 0.3 is 12.3 Å². The average Bonchev–Trinajstić information content (AvgIpc) is 2.75. The molecule has 1 heterocycles. The molecule has 2 rings (SSSR count). The Kier molecular flexibility index (Phi) is 8.57. The lowest BCUT2D eigenvalue weighted by Crippen LogP contribution is -2.26. The smallest absolute Gasteiger partial charge is 0.498 e. The topological polar surface area (TPSA) is 125 Å². The fourth-order valence-corrected chi connectivity index (χ4v) is 3.32. The maximum atomic E-state index is 12.4. The molecule has 0 aliphatic heterocycles. The van der Waals surface area contributed by atoms with Gasteiger partial charge in [0.1, 0.15) is 16.6 Å². The number of carbonyl (C=O) groups is 1. The van der Waals surface area contributed by atoms with Gasteiger partial charge in [0, 0.05) is 11.1 Å². The summed E-state index contributed by atoms with van der Waals surface area (Å²) >= 11 is 1.32. The highest BCUT2D eigenvalue weighted by Gasteiger charge is 2.31. The normalized spacial score (nSPS) is 11.8. The Morgan fingerprint density at radius 2 is 1.82 bits per heavy atom. The van der Waals surface area contributed by atoms with E-state index in [1.807, 2.05) is 19.3 Å². The van der Waals surface area contributed by atoms with Crippen LogP contribution in [0.3, 0.4) is 0 Å². The number of aliphatic hydroxyl groups excluding tert-OH is 2. The number of alkyl halides is 3. The largest absolute Gasteiger partial charge is 0.573 e. The molecule has 0 fully saturated rings. The van der Waals surface area contributed by atoms with E-state index in [4.69, 9.17) is 10.2 Å². The summed E-state index contributed by atoms with van der Waals surface area (Å²) < 4.78 is 41.2. The number of allylic oxidation sites excluding steroid dienone is 1. The number of nitrogens with one attached hydrogen (secondary N) is 1. The van der Waals surface area contributed by atoms with Gasteiger partial charge < -0.3 is 25.4 Å². The van der Waals surface area contributed by atoms with Gasteiger partial charge in [0.25, 0.3) is 11.7 Å². The number of thioether (sulfide) groups is 1. The number of halogens is 3. The molecule has 0 unspecified atom stereocenters. The van der Waals surface area contributed by atoms with Crippen LogP contribution in [0.2, 0.25) is 0 Å². The second-order valence-corrected chi connectivity index (χ2v) is 7.64. The number of carbonyl (C=O) groups excluding carboxylic acids is 1. The fourth-order valence-electron chi connectivity index (χ4n) is 2.41. The van der Waals surface area contributed by atoms with E-state index < -0.39 is 24.0 Å². The number of benzene rings is 1. The van der Waals surface area contributed by atoms with E-state index in [0.29, 0.717) is 21.8 Å². The molecule has 178 valence electrons. The van der Waals surface area contributed by atoms with Crippen LogP contribution in [0.4, 0.5) is 13.2 Å². The summed E-state index contributed by atoms with van der Waals surface area (Å²) in [6.07, 6.45) is -3.99. The molecule has 1 amide bonds. The minimum absolute atomic E-state index is 0.134. The van der Waals surface area contributed by atoms with Crippen LogP contribution in [0.15, 0.2) is 52.0 Å². The first-order valence-electron chi connectivity index (χ1n) is 9.56. The molecule has 8 nitrogen and oxygen atoms in total. The number of aliphatic hydroxyl groups is 3. The summed E-state index contributed by atoms with van der Waals surface area (Å²) in [5.41, 5.74) is 2.67. The predicted octanol–water partition coefficient (Wildman–Crippen LogP) is 5.22. The van der Waals surface area contributed by atoms with E-state index in [9.17, 15) is 23.1 Å². The van der Waals surface area contributed by atoms with E-state index in [-0.39, 0.29) is 18.1 Å². The van der Waals surface area contributed by atoms with Gasteiger partial charge in [-0.05, 0) is 49.9 Å². The Morgan fingerprint density at radius 3 is 2.36 bits per heavy atom. The molecule has 0 aliphatic rings. The van der Waals surface area contributed by atoms with Gasteiger partial charge in [0.05, 0.1) is 12.2 Å². The maximum absolute atomic E-state index is 12.4. The summed E-state index contributed by atoms with van der Waals surface area (Å²) in [5, 5.41) is 31.6. The highest BCUT2D eigenvalue weighted by molar-refractivity contribution is 8.02. The van der Waals surface area contributed by atoms with Crippen molar-refractivity contribution in [2.75, 3.05) is 0 Å². The first-order valence-corrected chi connectivity index (χ1v) is 10.4. The van der Waals surface area contributed by atoms with Crippen LogP contribution in [0, 0.1) is 6.92 Å². The van der Waals surface area contributed by atoms with E-state index in [2.05, 4.69) is 20.0 Å². The van der Waals surface area contributed by atoms with Crippen LogP contribution in [-0.4, -0.2) is 37.6 Å². The molecule has 4 N–H and O–H groups in total. The Morgan fingerprint density at radius 1 is 1.18 bits per heavy atom. The summed E-state index contributed by atoms with van der Waals surface area (Å²) in [6, 6.07) is 5.15. The van der Waals surface area contributed by atoms with Crippen molar-refractivity contribution in [3.63, 3.8) is 0 Å². The van der Waals surface area contributed by atoms with E-state index in [1.54, 1.807) is 6.92 Å². The van der Waals surface area contributed by atoms with Crippen molar-refractivity contribution < 1.29 is 38.0 Å². The zero-order chi connectivity index (χ0) is 24.8. The molecule has 0 radical (unpaired) electrons. The van der Waals surface area contributed by atoms with Crippen LogP contribution in [0.5, 0.6) is 5.75 Å². The van der Waals surface area contributed by atoms with Crippen molar-refractivity contribution in [1.82, 2.24) is 15.3 Å². The minimum Gasteiger partial charge on any atom is -0.498 e. The van der Waals surface area contributed by atoms with Gasteiger partial charge in [-0.1, -0.05) is 24.3 Å². The second kappa shape index (κ2) is 10.9. The molecular formula is C21H22F3N3O5S. The quantitative estimate of drug-likeness (QED) is 0.174. The lowest BCUT2D eigenvalue weighted by atomic mass is 10.1. The molecule has 33 heavy (non-hydrogen) atoms. The van der Waals surface area contributed by atoms with Crippen LogP contribution >= 0.6 is 11.8 Å². The molecule has 1 aromatic heterocycles. The minimum atomic E-state index is -4.81. The molecule has 0 atom stereocenters. The number of rotatable bonds is 8. The molecule has 0 saturated carbocycles. The molecular weight excluding hydrogens is 463 g/mol. The number of nitrogens with zero attached hydrogens (tertiary/aromatic N) is 2. The van der Waals surface area contributed by atoms with Crippen molar-refractivity contribution in [3.05, 3.63) is 58.3 Å². The Bertz CT molecular complexity index is 1070. The molecule has 0 saturated heterocycles. The van der Waals surface area contributed by atoms with Crippen molar-refractivity contribution in [1.29, 1.82) is 0 Å². The Labute approximate surface area is 191 Å². The molecule has 0 bridgehead atoms. The molecule has 2 aromatic rings. The highest BCUT2D eigenvalue weighted by atomic mass is 32.2. The summed E-state index contributed by atoms with van der Waals surface area (Å²) in [5.74, 6) is -4.19. The highest BCUT2D eigenvalue weighted by Crippen LogP contribution is 2.32. The van der Waals surface area contributed by atoms with E-state index in [0.717, 1.165) is 24.1 Å². The molecule has 1 aromatic carbocycles. The van der Waals surface area contributed by atoms with Gasteiger partial charge in [-0.3, -0.25) is 4.79 Å². The monoisotopic (exact) mass is 485 g/mol. The van der Waals surface area contributed by atoms with Gasteiger partial charge in [-0.25, -0.2) is 9.97 Å². The predicted molar refractivity (Wildman–Crippen MR) is 116 cm³/mol. The summed E-state index contributed by atoms with van der Waals surface area (Å²) in [7, 11) is 0. The maximum Gasteiger partial charge on any atom is 0.573 e. The van der Waals surface area contributed by atoms with Crippen molar-refractivity contribution >= 4 is 17.7 Å². The van der Waals surface area contributed by atoms with Crippen molar-refractivity contribution in [3.8, 4) is 17.0 Å². The third-order valence-electron chi connectivity index (χ3n) is 4.27. The number of aromatic nitrogens is 2. The first kappa shape index (κ1) is 25.8. The second-order valence-electron chi connectivity index (χ2n) is 6.78. The number of hydrogen-bond donors (Lipinski definition) is 4. The summed E-state index contributed by atoms with van der Waals surface area (Å²) in [6.45, 7) is 5.44. The van der Waals surface area contributed by atoms with Crippen LogP contribution in [0.25, 0.3) is 11.3 Å². The van der Waals surface area contributed by atoms with Crippen LogP contribution in [0.1, 0.15) is 31.7 Å². The van der Waals surface area contributed by atoms with E-state index in [1.165, 1.54) is 23.9 Å². The van der Waals surface area contributed by atoms with Gasteiger partial charge in [-0.15, -0.1) is 13.2 Å². The zero-order valence-electron chi connectivity index (χ0n) is 17.9. The zero-order valence-corrected chi connectivity index (χ0v) is 18.7. The molecule has 12 heteroatoms. The van der Waals surface area contributed by atoms with E-state index >= 15 is 0 Å². The fraction of sp³-hybridized carbons (Fsp3) is 0.286. The summed E-state index contributed by atoms with van der Waals surface area (Å²) in [4.78, 5) is 20.5. The number of amides is 1. The van der Waals surface area contributed by atoms with Crippen molar-refractivity contribution in [2.24, 2.45) is 0 Å². The average molecular weight is 485 g/mol. The van der Waals surface area contributed by atoms with Crippen LogP contribution < -0.4 is 10.1 Å². The lowest BCUT2D eigenvalue weighted by molar-refractivity contribution is -0.274.